The molecule has 4 N–H and O–H groups in total. The van der Waals surface area contributed by atoms with Crippen LogP contribution in [0.15, 0.2) is 59.5 Å². The lowest BCUT2D eigenvalue weighted by Gasteiger charge is -2.03. The van der Waals surface area contributed by atoms with Gasteiger partial charge in [0.1, 0.15) is 7.85 Å². The molecule has 0 atom stereocenters. The minimum Gasteiger partial charge on any atom is -0.339 e. The van der Waals surface area contributed by atoms with Gasteiger partial charge in [-0.3, -0.25) is 5.10 Å². The van der Waals surface area contributed by atoms with E-state index in [1.54, 1.807) is 12.1 Å². The molecule has 1 heterocycles. The fourth-order valence-corrected chi connectivity index (χ4v) is 2.63. The second-order valence-electron chi connectivity index (χ2n) is 4.99. The first kappa shape index (κ1) is 15.3. The van der Waals surface area contributed by atoms with Crippen molar-refractivity contribution in [3.05, 3.63) is 54.6 Å². The largest absolute Gasteiger partial charge is 0.339 e. The highest BCUT2D eigenvalue weighted by Gasteiger charge is 2.08. The normalized spacial score (nSPS) is 11.3. The Morgan fingerprint density at radius 1 is 1.09 bits per heavy atom. The van der Waals surface area contributed by atoms with E-state index in [0.717, 1.165) is 11.3 Å². The first-order chi connectivity index (χ1) is 10.9. The van der Waals surface area contributed by atoms with Crippen molar-refractivity contribution in [2.24, 2.45) is 5.14 Å². The smallest absolute Gasteiger partial charge is 0.238 e. The molecule has 0 spiro atoms. The van der Waals surface area contributed by atoms with Crippen molar-refractivity contribution >= 4 is 34.8 Å². The van der Waals surface area contributed by atoms with Gasteiger partial charge in [-0.1, -0.05) is 29.7 Å². The van der Waals surface area contributed by atoms with Gasteiger partial charge in [-0.05, 0) is 29.8 Å². The average Bonchev–Trinajstić information content (AvgIpc) is 2.95. The number of primary sulfonamides is 1. The minimum absolute atomic E-state index is 0.0607. The van der Waals surface area contributed by atoms with E-state index >= 15 is 0 Å². The number of rotatable bonds is 4. The summed E-state index contributed by atoms with van der Waals surface area (Å²) in [6.45, 7) is 0. The van der Waals surface area contributed by atoms with Crippen LogP contribution < -0.4 is 15.9 Å². The van der Waals surface area contributed by atoms with Gasteiger partial charge in [0.2, 0.25) is 10.0 Å². The standard InChI is InChI=1S/C15H13BN4O2S/c16-11-3-1-2-10(8-11)14-9-15(20-19-14)18-12-4-6-13(7-5-12)23(17,21)22/h1-9H,(H2,17,21,22)(H2,18,19,20). The van der Waals surface area contributed by atoms with E-state index in [2.05, 4.69) is 15.5 Å². The van der Waals surface area contributed by atoms with E-state index in [-0.39, 0.29) is 4.90 Å². The summed E-state index contributed by atoms with van der Waals surface area (Å²) in [5.74, 6) is 0.603. The molecule has 0 fully saturated rings. The Morgan fingerprint density at radius 2 is 1.83 bits per heavy atom. The van der Waals surface area contributed by atoms with Crippen LogP contribution >= 0.6 is 0 Å². The number of aromatic nitrogens is 2. The van der Waals surface area contributed by atoms with E-state index in [4.69, 9.17) is 13.0 Å². The summed E-state index contributed by atoms with van der Waals surface area (Å²) >= 11 is 0. The first-order valence-corrected chi connectivity index (χ1v) is 8.28. The van der Waals surface area contributed by atoms with E-state index in [9.17, 15) is 8.42 Å². The van der Waals surface area contributed by atoms with Crippen LogP contribution in [0.2, 0.25) is 0 Å². The summed E-state index contributed by atoms with van der Waals surface area (Å²) in [5, 5.41) is 15.2. The van der Waals surface area contributed by atoms with Crippen molar-refractivity contribution in [2.45, 2.75) is 4.90 Å². The van der Waals surface area contributed by atoms with Gasteiger partial charge in [0, 0.05) is 11.8 Å². The van der Waals surface area contributed by atoms with Crippen molar-refractivity contribution in [1.82, 2.24) is 10.2 Å². The van der Waals surface area contributed by atoms with E-state index in [1.807, 2.05) is 30.3 Å². The van der Waals surface area contributed by atoms with E-state index in [1.165, 1.54) is 12.1 Å². The lowest BCUT2D eigenvalue weighted by molar-refractivity contribution is 0.598. The summed E-state index contributed by atoms with van der Waals surface area (Å²) in [5.41, 5.74) is 3.12. The molecule has 0 bridgehead atoms. The van der Waals surface area contributed by atoms with Gasteiger partial charge in [-0.2, -0.15) is 5.10 Å². The number of benzene rings is 2. The quantitative estimate of drug-likeness (QED) is 0.629. The van der Waals surface area contributed by atoms with Crippen LogP contribution in [0.3, 0.4) is 0 Å². The SMILES string of the molecule is [B]c1cccc(-c2cc(Nc3ccc(S(N)(=O)=O)cc3)n[nH]2)c1. The Labute approximate surface area is 135 Å². The fourth-order valence-electron chi connectivity index (χ4n) is 2.12. The van der Waals surface area contributed by atoms with Crippen LogP contribution in [-0.2, 0) is 10.0 Å². The Hall–Kier alpha value is -2.58. The summed E-state index contributed by atoms with van der Waals surface area (Å²) in [6.07, 6.45) is 0. The molecule has 23 heavy (non-hydrogen) atoms. The Kier molecular flexibility index (Phi) is 3.93. The molecule has 3 rings (SSSR count). The van der Waals surface area contributed by atoms with Crippen molar-refractivity contribution in [3.8, 4) is 11.3 Å². The zero-order chi connectivity index (χ0) is 16.4. The van der Waals surface area contributed by atoms with Crippen molar-refractivity contribution in [1.29, 1.82) is 0 Å². The highest BCUT2D eigenvalue weighted by atomic mass is 32.2. The molecule has 0 aliphatic carbocycles. The number of nitrogens with one attached hydrogen (secondary N) is 2. The zero-order valence-electron chi connectivity index (χ0n) is 12.0. The van der Waals surface area contributed by atoms with Crippen molar-refractivity contribution in [2.75, 3.05) is 5.32 Å². The number of H-pyrrole nitrogens is 1. The van der Waals surface area contributed by atoms with Crippen molar-refractivity contribution < 1.29 is 8.42 Å². The van der Waals surface area contributed by atoms with Gasteiger partial charge in [0.25, 0.3) is 0 Å². The predicted octanol–water partition coefficient (Wildman–Crippen LogP) is 1.26. The van der Waals surface area contributed by atoms with E-state index in [0.29, 0.717) is 17.0 Å². The molecular formula is C15H13BN4O2S. The Balaban J connectivity index is 1.79. The predicted molar refractivity (Wildman–Crippen MR) is 90.5 cm³/mol. The number of hydrogen-bond donors (Lipinski definition) is 3. The minimum atomic E-state index is -3.69. The average molecular weight is 324 g/mol. The zero-order valence-corrected chi connectivity index (χ0v) is 12.8. The molecule has 0 unspecified atom stereocenters. The molecule has 2 aromatic carbocycles. The van der Waals surface area contributed by atoms with Crippen LogP contribution in [0.1, 0.15) is 0 Å². The fraction of sp³-hybridized carbons (Fsp3) is 0. The number of aromatic amines is 1. The molecule has 0 saturated heterocycles. The molecule has 2 radical (unpaired) electrons. The first-order valence-electron chi connectivity index (χ1n) is 6.73. The Bertz CT molecular complexity index is 936. The van der Waals surface area contributed by atoms with Gasteiger partial charge < -0.3 is 5.32 Å². The van der Waals surface area contributed by atoms with Crippen LogP contribution in [-0.4, -0.2) is 26.5 Å². The van der Waals surface area contributed by atoms with Crippen molar-refractivity contribution in [3.63, 3.8) is 0 Å². The highest BCUT2D eigenvalue weighted by Crippen LogP contribution is 2.22. The monoisotopic (exact) mass is 324 g/mol. The number of hydrogen-bond acceptors (Lipinski definition) is 4. The van der Waals surface area contributed by atoms with E-state index < -0.39 is 10.0 Å². The summed E-state index contributed by atoms with van der Waals surface area (Å²) in [6, 6.07) is 15.4. The molecule has 0 amide bonds. The third kappa shape index (κ3) is 3.61. The van der Waals surface area contributed by atoms with Gasteiger partial charge in [0.15, 0.2) is 5.82 Å². The lowest BCUT2D eigenvalue weighted by Crippen LogP contribution is -2.11. The molecular weight excluding hydrogens is 311 g/mol. The molecule has 0 aliphatic rings. The molecule has 0 saturated carbocycles. The van der Waals surface area contributed by atoms with Crippen LogP contribution in [0.25, 0.3) is 11.3 Å². The Morgan fingerprint density at radius 3 is 2.48 bits per heavy atom. The molecule has 8 heteroatoms. The maximum absolute atomic E-state index is 11.2. The second-order valence-corrected chi connectivity index (χ2v) is 6.55. The maximum atomic E-state index is 11.2. The van der Waals surface area contributed by atoms with Gasteiger partial charge in [-0.15, -0.1) is 0 Å². The van der Waals surface area contributed by atoms with Crippen LogP contribution in [0.4, 0.5) is 11.5 Å². The third-order valence-electron chi connectivity index (χ3n) is 3.23. The maximum Gasteiger partial charge on any atom is 0.238 e. The molecule has 114 valence electrons. The van der Waals surface area contributed by atoms with Crippen LogP contribution in [0, 0.1) is 0 Å². The summed E-state index contributed by atoms with van der Waals surface area (Å²) < 4.78 is 22.4. The molecule has 3 aromatic rings. The topological polar surface area (TPSA) is 101 Å². The van der Waals surface area contributed by atoms with Gasteiger partial charge in [0.05, 0.1) is 10.6 Å². The summed E-state index contributed by atoms with van der Waals surface area (Å²) in [7, 11) is 2.08. The van der Waals surface area contributed by atoms with Gasteiger partial charge >= 0.3 is 0 Å². The second kappa shape index (κ2) is 5.90. The highest BCUT2D eigenvalue weighted by molar-refractivity contribution is 7.89. The number of anilines is 2. The van der Waals surface area contributed by atoms with Gasteiger partial charge in [-0.25, -0.2) is 13.6 Å². The van der Waals surface area contributed by atoms with Crippen LogP contribution in [0.5, 0.6) is 0 Å². The molecule has 0 aliphatic heterocycles. The summed E-state index contributed by atoms with van der Waals surface area (Å²) in [4.78, 5) is 0.0607. The number of sulfonamides is 1. The molecule has 1 aromatic heterocycles. The number of nitrogens with two attached hydrogens (primary N) is 1. The molecule has 6 nitrogen and oxygen atoms in total. The third-order valence-corrected chi connectivity index (χ3v) is 4.16. The lowest BCUT2D eigenvalue weighted by atomic mass is 9.94. The number of nitrogens with zero attached hydrogens (tertiary/aromatic N) is 1.